The average Bonchev–Trinajstić information content (AvgIpc) is 2.90. The first-order valence-corrected chi connectivity index (χ1v) is 11.9. The third kappa shape index (κ3) is 6.16. The molecule has 1 N–H and O–H groups in total. The van der Waals surface area contributed by atoms with Crippen LogP contribution in [0.2, 0.25) is 5.02 Å². The Kier molecular flexibility index (Phi) is 8.69. The number of aryl methyl sites for hydroxylation is 1. The zero-order valence-electron chi connectivity index (χ0n) is 20.7. The summed E-state index contributed by atoms with van der Waals surface area (Å²) >= 11 is 6.34. The van der Waals surface area contributed by atoms with E-state index in [1.165, 1.54) is 6.07 Å². The number of benzene rings is 3. The first-order valence-electron chi connectivity index (χ1n) is 11.5. The van der Waals surface area contributed by atoms with Gasteiger partial charge >= 0.3 is 29.6 Å². The standard InChI is InChI=1S/C28H22ClN3O5.Na/c1-16-2-4-17(5-3-16)23-10-11-26(32-31-23)30-27(33)18-6-8-19(9-7-18)37-25-15-24-21(14-22(25)29)20(28(34)35)12-13-36-24;/h2-11,14-15,20H,12-13H2,1H3,(H,34,35)(H,30,32,33);/q;+1/p-1. The summed E-state index contributed by atoms with van der Waals surface area (Å²) in [5.74, 6) is -0.832. The number of carbonyl (C=O) groups excluding carboxylic acids is 2. The fourth-order valence-corrected chi connectivity index (χ4v) is 4.19. The van der Waals surface area contributed by atoms with Crippen LogP contribution in [0.5, 0.6) is 17.2 Å². The normalized spacial score (nSPS) is 13.9. The Balaban J connectivity index is 0.00000336. The Hall–Kier alpha value is -3.43. The summed E-state index contributed by atoms with van der Waals surface area (Å²) < 4.78 is 11.4. The van der Waals surface area contributed by atoms with Crippen molar-refractivity contribution in [1.82, 2.24) is 10.2 Å². The monoisotopic (exact) mass is 537 g/mol. The Morgan fingerprint density at radius 2 is 1.76 bits per heavy atom. The number of halogens is 1. The predicted octanol–water partition coefficient (Wildman–Crippen LogP) is 1.77. The number of rotatable bonds is 6. The van der Waals surface area contributed by atoms with E-state index in [-0.39, 0.29) is 47.1 Å². The molecule has 0 fully saturated rings. The van der Waals surface area contributed by atoms with Crippen molar-refractivity contribution in [3.63, 3.8) is 0 Å². The van der Waals surface area contributed by atoms with Crippen molar-refractivity contribution in [2.24, 2.45) is 0 Å². The van der Waals surface area contributed by atoms with Crippen LogP contribution in [0.4, 0.5) is 5.82 Å². The SMILES string of the molecule is Cc1ccc(-c2ccc(NC(=O)c3ccc(Oc4cc5c(cc4Cl)C(C(=O)[O-])CCO5)cc3)nn2)cc1.[Na+]. The molecule has 0 spiro atoms. The van der Waals surface area contributed by atoms with Gasteiger partial charge in [0.25, 0.3) is 5.91 Å². The van der Waals surface area contributed by atoms with Crippen LogP contribution in [-0.4, -0.2) is 28.7 Å². The first-order chi connectivity index (χ1) is 17.9. The summed E-state index contributed by atoms with van der Waals surface area (Å²) in [6.45, 7) is 2.27. The van der Waals surface area contributed by atoms with E-state index >= 15 is 0 Å². The van der Waals surface area contributed by atoms with Crippen molar-refractivity contribution in [2.75, 3.05) is 11.9 Å². The van der Waals surface area contributed by atoms with Crippen LogP contribution >= 0.6 is 11.6 Å². The molecule has 186 valence electrons. The molecule has 1 amide bonds. The van der Waals surface area contributed by atoms with Crippen LogP contribution in [0.25, 0.3) is 11.3 Å². The number of carboxylic acids is 1. The number of aromatic nitrogens is 2. The van der Waals surface area contributed by atoms with E-state index in [1.807, 2.05) is 31.2 Å². The molecule has 1 aliphatic rings. The third-order valence-corrected chi connectivity index (χ3v) is 6.28. The number of amides is 1. The molecule has 38 heavy (non-hydrogen) atoms. The number of aliphatic carboxylic acids is 1. The van der Waals surface area contributed by atoms with Gasteiger partial charge in [-0.1, -0.05) is 41.4 Å². The van der Waals surface area contributed by atoms with Gasteiger partial charge in [-0.15, -0.1) is 10.2 Å². The van der Waals surface area contributed by atoms with E-state index in [0.717, 1.165) is 11.1 Å². The zero-order chi connectivity index (χ0) is 25.9. The summed E-state index contributed by atoms with van der Waals surface area (Å²) in [4.78, 5) is 24.1. The zero-order valence-corrected chi connectivity index (χ0v) is 23.5. The fraction of sp³-hybridized carbons (Fsp3) is 0.143. The van der Waals surface area contributed by atoms with Crippen LogP contribution in [0.1, 0.15) is 33.8 Å². The van der Waals surface area contributed by atoms with Gasteiger partial charge < -0.3 is 24.7 Å². The minimum atomic E-state index is -1.17. The summed E-state index contributed by atoms with van der Waals surface area (Å²) in [6.07, 6.45) is 0.317. The molecule has 0 saturated heterocycles. The largest absolute Gasteiger partial charge is 1.00 e. The Bertz CT molecular complexity index is 1460. The van der Waals surface area contributed by atoms with E-state index in [0.29, 0.717) is 46.3 Å². The Morgan fingerprint density at radius 3 is 2.42 bits per heavy atom. The average molecular weight is 538 g/mol. The number of nitrogens with zero attached hydrogens (tertiary/aromatic N) is 2. The fourth-order valence-electron chi connectivity index (χ4n) is 3.98. The van der Waals surface area contributed by atoms with Crippen molar-refractivity contribution < 1.29 is 53.7 Å². The minimum absolute atomic E-state index is 0. The Morgan fingerprint density at radius 1 is 1.03 bits per heavy atom. The van der Waals surface area contributed by atoms with Crippen molar-refractivity contribution in [1.29, 1.82) is 0 Å². The number of carbonyl (C=O) groups is 2. The summed E-state index contributed by atoms with van der Waals surface area (Å²) in [7, 11) is 0. The number of hydrogen-bond acceptors (Lipinski definition) is 7. The molecule has 1 unspecified atom stereocenters. The number of carboxylic acid groups (broad SMARTS) is 1. The second-order valence-corrected chi connectivity index (χ2v) is 8.99. The van der Waals surface area contributed by atoms with Crippen molar-refractivity contribution in [3.8, 4) is 28.5 Å². The van der Waals surface area contributed by atoms with Crippen molar-refractivity contribution >= 4 is 29.3 Å². The summed E-state index contributed by atoms with van der Waals surface area (Å²) in [6, 6.07) is 21.0. The van der Waals surface area contributed by atoms with Crippen LogP contribution in [0.15, 0.2) is 72.8 Å². The molecular weight excluding hydrogens is 517 g/mol. The quantitative estimate of drug-likeness (QED) is 0.373. The molecule has 1 atom stereocenters. The molecule has 3 aromatic carbocycles. The van der Waals surface area contributed by atoms with Gasteiger partial charge in [0.1, 0.15) is 17.2 Å². The molecule has 0 bridgehead atoms. The van der Waals surface area contributed by atoms with E-state index in [4.69, 9.17) is 21.1 Å². The van der Waals surface area contributed by atoms with Crippen LogP contribution in [0, 0.1) is 6.92 Å². The second kappa shape index (κ2) is 12.0. The molecule has 8 nitrogen and oxygen atoms in total. The van der Waals surface area contributed by atoms with Gasteiger partial charge in [-0.3, -0.25) is 4.79 Å². The predicted molar refractivity (Wildman–Crippen MR) is 136 cm³/mol. The van der Waals surface area contributed by atoms with E-state index in [9.17, 15) is 14.7 Å². The molecule has 2 heterocycles. The molecule has 1 aromatic heterocycles. The first kappa shape index (κ1) is 27.6. The molecule has 0 aliphatic carbocycles. The number of nitrogens with one attached hydrogen (secondary N) is 1. The smallest absolute Gasteiger partial charge is 0.549 e. The maximum absolute atomic E-state index is 12.7. The molecule has 1 aliphatic heterocycles. The van der Waals surface area contributed by atoms with Gasteiger partial charge in [0.15, 0.2) is 5.82 Å². The molecular formula is C28H21ClN3NaO5. The molecule has 4 aromatic rings. The van der Waals surface area contributed by atoms with Crippen molar-refractivity contribution in [3.05, 3.63) is 94.5 Å². The molecule has 5 rings (SSSR count). The van der Waals surface area contributed by atoms with Gasteiger partial charge in [-0.2, -0.15) is 0 Å². The van der Waals surface area contributed by atoms with Crippen LogP contribution in [-0.2, 0) is 4.79 Å². The third-order valence-electron chi connectivity index (χ3n) is 5.99. The van der Waals surface area contributed by atoms with Gasteiger partial charge in [0, 0.05) is 34.6 Å². The van der Waals surface area contributed by atoms with Crippen molar-refractivity contribution in [2.45, 2.75) is 19.3 Å². The summed E-state index contributed by atoms with van der Waals surface area (Å²) in [5.41, 5.74) is 3.67. The maximum Gasteiger partial charge on any atom is 1.00 e. The maximum atomic E-state index is 12.7. The van der Waals surface area contributed by atoms with Gasteiger partial charge in [-0.25, -0.2) is 0 Å². The van der Waals surface area contributed by atoms with E-state index in [1.54, 1.807) is 42.5 Å². The van der Waals surface area contributed by atoms with Gasteiger partial charge in [0.2, 0.25) is 0 Å². The minimum Gasteiger partial charge on any atom is -0.549 e. The van der Waals surface area contributed by atoms with E-state index < -0.39 is 11.9 Å². The molecule has 10 heteroatoms. The topological polar surface area (TPSA) is 113 Å². The van der Waals surface area contributed by atoms with Crippen LogP contribution in [0.3, 0.4) is 0 Å². The van der Waals surface area contributed by atoms with Gasteiger partial charge in [-0.05, 0) is 55.8 Å². The molecule has 0 saturated carbocycles. The molecule has 0 radical (unpaired) electrons. The number of hydrogen-bond donors (Lipinski definition) is 1. The number of fused-ring (bicyclic) bond motifs is 1. The van der Waals surface area contributed by atoms with Crippen LogP contribution < -0.4 is 49.5 Å². The Labute approximate surface area is 246 Å². The summed E-state index contributed by atoms with van der Waals surface area (Å²) in [5, 5.41) is 22.7. The number of anilines is 1. The number of ether oxygens (including phenoxy) is 2. The van der Waals surface area contributed by atoms with E-state index in [2.05, 4.69) is 15.5 Å². The second-order valence-electron chi connectivity index (χ2n) is 8.58. The van der Waals surface area contributed by atoms with Gasteiger partial charge in [0.05, 0.1) is 17.3 Å².